The summed E-state index contributed by atoms with van der Waals surface area (Å²) in [6.07, 6.45) is 3.42. The highest BCUT2D eigenvalue weighted by Gasteiger charge is 2.05. The summed E-state index contributed by atoms with van der Waals surface area (Å²) in [5.74, 6) is 0.750. The molecule has 0 aliphatic heterocycles. The Kier molecular flexibility index (Phi) is 5.95. The van der Waals surface area contributed by atoms with Gasteiger partial charge in [0.2, 0.25) is 5.69 Å². The van der Waals surface area contributed by atoms with Crippen LogP contribution in [0.3, 0.4) is 0 Å². The second-order valence-electron chi connectivity index (χ2n) is 5.07. The van der Waals surface area contributed by atoms with Crippen molar-refractivity contribution < 1.29 is 9.60 Å². The molecule has 0 fully saturated rings. The van der Waals surface area contributed by atoms with Gasteiger partial charge in [-0.2, -0.15) is 0 Å². The number of azo groups is 1. The minimum atomic E-state index is 0.485. The Bertz CT molecular complexity index is 604. The molecule has 2 aromatic carbocycles. The molecule has 2 aromatic rings. The molecule has 0 spiro atoms. The van der Waals surface area contributed by atoms with Crippen molar-refractivity contribution in [3.05, 3.63) is 59.3 Å². The zero-order valence-electron chi connectivity index (χ0n) is 13.2. The number of rotatable bonds is 7. The molecular formula is C18H22N2O2. The lowest BCUT2D eigenvalue weighted by Gasteiger charge is -2.04. The van der Waals surface area contributed by atoms with Gasteiger partial charge in [-0.25, -0.2) is 0 Å². The molecule has 0 saturated heterocycles. The summed E-state index contributed by atoms with van der Waals surface area (Å²) in [5, 5.41) is 16.1. The van der Waals surface area contributed by atoms with Crippen LogP contribution in [0.4, 0.5) is 11.4 Å². The molecule has 0 aliphatic rings. The van der Waals surface area contributed by atoms with E-state index in [1.165, 1.54) is 18.4 Å². The predicted molar refractivity (Wildman–Crippen MR) is 88.0 cm³/mol. The highest BCUT2D eigenvalue weighted by Crippen LogP contribution is 2.21. The molecule has 4 heteroatoms. The highest BCUT2D eigenvalue weighted by molar-refractivity contribution is 5.39. The van der Waals surface area contributed by atoms with Gasteiger partial charge in [0.15, 0.2) is 0 Å². The maximum atomic E-state index is 12.0. The summed E-state index contributed by atoms with van der Waals surface area (Å²) in [6.45, 7) is 4.71. The van der Waals surface area contributed by atoms with Crippen molar-refractivity contribution in [1.82, 2.24) is 0 Å². The van der Waals surface area contributed by atoms with Crippen LogP contribution < -0.4 is 4.74 Å². The van der Waals surface area contributed by atoms with Gasteiger partial charge in [0.25, 0.3) is 0 Å². The fourth-order valence-electron chi connectivity index (χ4n) is 2.11. The Balaban J connectivity index is 2.07. The van der Waals surface area contributed by atoms with Crippen LogP contribution in [0.15, 0.2) is 53.6 Å². The molecule has 0 heterocycles. The largest absolute Gasteiger partial charge is 0.594 e. The van der Waals surface area contributed by atoms with Gasteiger partial charge in [-0.05, 0) is 49.6 Å². The zero-order valence-corrected chi connectivity index (χ0v) is 13.2. The van der Waals surface area contributed by atoms with Gasteiger partial charge in [0, 0.05) is 17.2 Å². The van der Waals surface area contributed by atoms with Crippen LogP contribution in [0.5, 0.6) is 5.75 Å². The first-order chi connectivity index (χ1) is 10.7. The summed E-state index contributed by atoms with van der Waals surface area (Å²) in [4.78, 5) is 0.636. The Hall–Kier alpha value is -2.36. The van der Waals surface area contributed by atoms with E-state index in [9.17, 15) is 5.21 Å². The van der Waals surface area contributed by atoms with E-state index in [0.717, 1.165) is 12.2 Å². The minimum absolute atomic E-state index is 0.485. The number of nitrogens with zero attached hydrogens (tertiary/aromatic N) is 2. The molecule has 0 aliphatic carbocycles. The van der Waals surface area contributed by atoms with Crippen LogP contribution in [0, 0.1) is 5.21 Å². The third kappa shape index (κ3) is 4.58. The molecule has 22 heavy (non-hydrogen) atoms. The van der Waals surface area contributed by atoms with Gasteiger partial charge >= 0.3 is 0 Å². The lowest BCUT2D eigenvalue weighted by Crippen LogP contribution is -1.93. The molecule has 0 aromatic heterocycles. The molecule has 0 N–H and O–H groups in total. The van der Waals surface area contributed by atoms with E-state index in [1.54, 1.807) is 24.3 Å². The summed E-state index contributed by atoms with van der Waals surface area (Å²) in [6, 6.07) is 14.8. The lowest BCUT2D eigenvalue weighted by molar-refractivity contribution is -0.435. The third-order valence-corrected chi connectivity index (χ3v) is 3.33. The molecule has 2 rings (SSSR count). The van der Waals surface area contributed by atoms with Crippen molar-refractivity contribution >= 4 is 11.4 Å². The fraction of sp³-hybridized carbons (Fsp3) is 0.333. The average molecular weight is 298 g/mol. The van der Waals surface area contributed by atoms with Crippen molar-refractivity contribution in [3.63, 3.8) is 0 Å². The Labute approximate surface area is 131 Å². The normalized spacial score (nSPS) is 11.5. The summed E-state index contributed by atoms with van der Waals surface area (Å²) in [7, 11) is 0. The van der Waals surface area contributed by atoms with Crippen LogP contribution in [0.2, 0.25) is 0 Å². The van der Waals surface area contributed by atoms with E-state index in [-0.39, 0.29) is 0 Å². The first kappa shape index (κ1) is 16.0. The number of hydrogen-bond acceptors (Lipinski definition) is 3. The van der Waals surface area contributed by atoms with E-state index in [4.69, 9.17) is 4.74 Å². The quantitative estimate of drug-likeness (QED) is 0.393. The fourth-order valence-corrected chi connectivity index (χ4v) is 2.11. The minimum Gasteiger partial charge on any atom is -0.594 e. The molecule has 0 radical (unpaired) electrons. The standard InChI is InChI=1S/C18H22N2O2/c1-3-5-6-15-7-9-16(10-8-15)19-20(21)17-11-13-18(14-12-17)22-4-2/h7-14H,3-6H2,1-2H3. The van der Waals surface area contributed by atoms with Gasteiger partial charge in [-0.3, -0.25) is 0 Å². The molecule has 0 amide bonds. The number of hydrogen-bond donors (Lipinski definition) is 0. The molecule has 4 nitrogen and oxygen atoms in total. The van der Waals surface area contributed by atoms with E-state index in [0.29, 0.717) is 22.8 Å². The highest BCUT2D eigenvalue weighted by atomic mass is 16.5. The number of aryl methyl sites for hydroxylation is 1. The molecule has 116 valence electrons. The third-order valence-electron chi connectivity index (χ3n) is 3.33. The molecule has 0 saturated carbocycles. The van der Waals surface area contributed by atoms with Gasteiger partial charge < -0.3 is 9.94 Å². The van der Waals surface area contributed by atoms with E-state index in [1.807, 2.05) is 31.2 Å². The Morgan fingerprint density at radius 3 is 2.27 bits per heavy atom. The van der Waals surface area contributed by atoms with E-state index < -0.39 is 0 Å². The monoisotopic (exact) mass is 298 g/mol. The number of ether oxygens (including phenoxy) is 1. The average Bonchev–Trinajstić information content (AvgIpc) is 2.55. The van der Waals surface area contributed by atoms with Crippen molar-refractivity contribution in [2.75, 3.05) is 6.61 Å². The van der Waals surface area contributed by atoms with Crippen LogP contribution in [0.1, 0.15) is 32.3 Å². The van der Waals surface area contributed by atoms with Gasteiger partial charge in [0.1, 0.15) is 11.4 Å². The van der Waals surface area contributed by atoms with E-state index in [2.05, 4.69) is 12.0 Å². The summed E-state index contributed by atoms with van der Waals surface area (Å²) in [5.41, 5.74) is 2.42. The Morgan fingerprint density at radius 1 is 1.00 bits per heavy atom. The summed E-state index contributed by atoms with van der Waals surface area (Å²) >= 11 is 0. The van der Waals surface area contributed by atoms with Gasteiger partial charge in [-0.15, -0.1) is 0 Å². The van der Waals surface area contributed by atoms with Crippen LogP contribution in [-0.4, -0.2) is 11.5 Å². The lowest BCUT2D eigenvalue weighted by atomic mass is 10.1. The molecule has 0 unspecified atom stereocenters. The van der Waals surface area contributed by atoms with Crippen molar-refractivity contribution in [1.29, 1.82) is 0 Å². The first-order valence-corrected chi connectivity index (χ1v) is 7.73. The van der Waals surface area contributed by atoms with Crippen molar-refractivity contribution in [2.45, 2.75) is 33.1 Å². The summed E-state index contributed by atoms with van der Waals surface area (Å²) < 4.78 is 5.35. The number of unbranched alkanes of at least 4 members (excludes halogenated alkanes) is 1. The molecule has 0 atom stereocenters. The maximum Gasteiger partial charge on any atom is 0.245 e. The smallest absolute Gasteiger partial charge is 0.245 e. The van der Waals surface area contributed by atoms with E-state index >= 15 is 0 Å². The van der Waals surface area contributed by atoms with Gasteiger partial charge in [0.05, 0.1) is 6.61 Å². The van der Waals surface area contributed by atoms with Crippen LogP contribution in [-0.2, 0) is 6.42 Å². The number of benzene rings is 2. The van der Waals surface area contributed by atoms with Crippen LogP contribution >= 0.6 is 0 Å². The Morgan fingerprint density at radius 2 is 1.68 bits per heavy atom. The molecule has 0 bridgehead atoms. The van der Waals surface area contributed by atoms with Crippen molar-refractivity contribution in [2.24, 2.45) is 5.11 Å². The maximum absolute atomic E-state index is 12.0. The van der Waals surface area contributed by atoms with Gasteiger partial charge in [-0.1, -0.05) is 30.3 Å². The zero-order chi connectivity index (χ0) is 15.8. The topological polar surface area (TPSA) is 47.7 Å². The second kappa shape index (κ2) is 8.17. The predicted octanol–water partition coefficient (Wildman–Crippen LogP) is 5.35. The first-order valence-electron chi connectivity index (χ1n) is 7.73. The second-order valence-corrected chi connectivity index (χ2v) is 5.07. The van der Waals surface area contributed by atoms with Crippen LogP contribution in [0.25, 0.3) is 0 Å². The SMILES string of the molecule is CCCCc1ccc(N=[N+]([O-])c2ccc(OCC)cc2)cc1. The molecular weight excluding hydrogens is 276 g/mol. The van der Waals surface area contributed by atoms with Crippen molar-refractivity contribution in [3.8, 4) is 5.75 Å².